The zero-order chi connectivity index (χ0) is 13.8. The van der Waals surface area contributed by atoms with Gasteiger partial charge in [-0.3, -0.25) is 20.4 Å². The molecule has 0 atom stereocenters. The molecule has 0 aliphatic carbocycles. The fourth-order valence-corrected chi connectivity index (χ4v) is 1.58. The summed E-state index contributed by atoms with van der Waals surface area (Å²) in [5.41, 5.74) is 4.41. The molecule has 0 saturated heterocycles. The third-order valence-corrected chi connectivity index (χ3v) is 2.46. The molecule has 0 unspecified atom stereocenters. The standard InChI is InChI=1S/C11H12N6O2/c12-16-10(18)7-8(11(19)17-13)15-9(14-7)6-4-2-1-3-5-6/h1-5H,12-13H2,(H,14,15)(H,16,18)(H,17,19). The van der Waals surface area contributed by atoms with E-state index in [-0.39, 0.29) is 11.4 Å². The van der Waals surface area contributed by atoms with Crippen molar-refractivity contribution in [2.75, 3.05) is 0 Å². The fraction of sp³-hybridized carbons (Fsp3) is 0. The molecule has 1 heterocycles. The molecule has 1 aromatic carbocycles. The van der Waals surface area contributed by atoms with Crippen molar-refractivity contribution >= 4 is 11.8 Å². The van der Waals surface area contributed by atoms with Crippen LogP contribution in [0.5, 0.6) is 0 Å². The monoisotopic (exact) mass is 260 g/mol. The predicted molar refractivity (Wildman–Crippen MR) is 67.3 cm³/mol. The summed E-state index contributed by atoms with van der Waals surface area (Å²) in [5.74, 6) is 9.13. The highest BCUT2D eigenvalue weighted by Crippen LogP contribution is 2.17. The number of carbonyl (C=O) groups is 2. The number of carbonyl (C=O) groups excluding carboxylic acids is 2. The maximum Gasteiger partial charge on any atom is 0.286 e. The van der Waals surface area contributed by atoms with Gasteiger partial charge in [-0.1, -0.05) is 30.3 Å². The summed E-state index contributed by atoms with van der Waals surface area (Å²) in [6.07, 6.45) is 0. The van der Waals surface area contributed by atoms with Crippen LogP contribution in [0.3, 0.4) is 0 Å². The normalized spacial score (nSPS) is 10.0. The summed E-state index contributed by atoms with van der Waals surface area (Å²) < 4.78 is 0. The summed E-state index contributed by atoms with van der Waals surface area (Å²) in [6, 6.07) is 9.03. The molecule has 8 nitrogen and oxygen atoms in total. The average Bonchev–Trinajstić information content (AvgIpc) is 2.91. The zero-order valence-corrected chi connectivity index (χ0v) is 9.81. The molecule has 0 spiro atoms. The van der Waals surface area contributed by atoms with Gasteiger partial charge in [0.25, 0.3) is 11.8 Å². The Hall–Kier alpha value is -2.71. The van der Waals surface area contributed by atoms with Crippen LogP contribution in [0.15, 0.2) is 30.3 Å². The van der Waals surface area contributed by atoms with Crippen LogP contribution in [0, 0.1) is 0 Å². The number of nitrogens with two attached hydrogens (primary N) is 2. The summed E-state index contributed by atoms with van der Waals surface area (Å²) in [6.45, 7) is 0. The van der Waals surface area contributed by atoms with Crippen molar-refractivity contribution in [3.8, 4) is 11.4 Å². The molecular formula is C11H12N6O2. The Morgan fingerprint density at radius 1 is 1.05 bits per heavy atom. The summed E-state index contributed by atoms with van der Waals surface area (Å²) >= 11 is 0. The van der Waals surface area contributed by atoms with Crippen LogP contribution >= 0.6 is 0 Å². The molecule has 2 amide bonds. The predicted octanol–water partition coefficient (Wildman–Crippen LogP) is -0.716. The van der Waals surface area contributed by atoms with E-state index in [0.717, 1.165) is 5.56 Å². The molecule has 19 heavy (non-hydrogen) atoms. The first-order valence-corrected chi connectivity index (χ1v) is 5.34. The number of aromatic nitrogens is 2. The lowest BCUT2D eigenvalue weighted by molar-refractivity contribution is 0.0914. The number of nitrogens with zero attached hydrogens (tertiary/aromatic N) is 1. The number of amides is 2. The van der Waals surface area contributed by atoms with Gasteiger partial charge < -0.3 is 4.98 Å². The SMILES string of the molecule is NNC(=O)c1nc(-c2ccccc2)[nH]c1C(=O)NN. The molecule has 0 saturated carbocycles. The number of imidazole rings is 1. The zero-order valence-electron chi connectivity index (χ0n) is 9.81. The van der Waals surface area contributed by atoms with Crippen molar-refractivity contribution in [2.24, 2.45) is 11.7 Å². The van der Waals surface area contributed by atoms with Gasteiger partial charge in [0.05, 0.1) is 0 Å². The average molecular weight is 260 g/mol. The first-order valence-electron chi connectivity index (χ1n) is 5.34. The number of H-pyrrole nitrogens is 1. The first kappa shape index (κ1) is 12.7. The molecule has 2 aromatic rings. The van der Waals surface area contributed by atoms with E-state index < -0.39 is 11.8 Å². The number of nitrogens with one attached hydrogen (secondary N) is 3. The first-order chi connectivity index (χ1) is 9.17. The maximum absolute atomic E-state index is 11.6. The smallest absolute Gasteiger partial charge is 0.286 e. The topological polar surface area (TPSA) is 139 Å². The molecule has 7 N–H and O–H groups in total. The van der Waals surface area contributed by atoms with Crippen molar-refractivity contribution < 1.29 is 9.59 Å². The van der Waals surface area contributed by atoms with Crippen molar-refractivity contribution in [3.05, 3.63) is 41.7 Å². The van der Waals surface area contributed by atoms with Crippen LogP contribution in [0.4, 0.5) is 0 Å². The minimum atomic E-state index is -0.683. The van der Waals surface area contributed by atoms with Gasteiger partial charge in [-0.15, -0.1) is 0 Å². The summed E-state index contributed by atoms with van der Waals surface area (Å²) in [5, 5.41) is 0. The lowest BCUT2D eigenvalue weighted by Gasteiger charge is -1.98. The molecule has 0 radical (unpaired) electrons. The fourth-order valence-electron chi connectivity index (χ4n) is 1.58. The Bertz CT molecular complexity index is 573. The second-order valence-corrected chi connectivity index (χ2v) is 3.62. The van der Waals surface area contributed by atoms with E-state index >= 15 is 0 Å². The Kier molecular flexibility index (Phi) is 3.55. The minimum absolute atomic E-state index is 0.0516. The molecule has 98 valence electrons. The van der Waals surface area contributed by atoms with E-state index in [9.17, 15) is 9.59 Å². The number of benzene rings is 1. The van der Waals surface area contributed by atoms with E-state index in [1.807, 2.05) is 29.1 Å². The molecule has 2 rings (SSSR count). The van der Waals surface area contributed by atoms with Crippen molar-refractivity contribution in [3.63, 3.8) is 0 Å². The van der Waals surface area contributed by atoms with E-state index in [0.29, 0.717) is 5.82 Å². The third-order valence-electron chi connectivity index (χ3n) is 2.46. The van der Waals surface area contributed by atoms with Gasteiger partial charge in [-0.25, -0.2) is 16.7 Å². The van der Waals surface area contributed by atoms with Crippen LogP contribution in [0.25, 0.3) is 11.4 Å². The largest absolute Gasteiger partial charge is 0.333 e. The number of nitrogen functional groups attached to an aromatic ring is 2. The summed E-state index contributed by atoms with van der Waals surface area (Å²) in [4.78, 5) is 29.9. The van der Waals surface area contributed by atoms with Gasteiger partial charge in [-0.2, -0.15) is 0 Å². The Morgan fingerprint density at radius 3 is 2.26 bits per heavy atom. The second kappa shape index (κ2) is 5.29. The summed E-state index contributed by atoms with van der Waals surface area (Å²) in [7, 11) is 0. The Labute approximate surface area is 108 Å². The minimum Gasteiger partial charge on any atom is -0.333 e. The lowest BCUT2D eigenvalue weighted by atomic mass is 10.2. The highest BCUT2D eigenvalue weighted by Gasteiger charge is 2.22. The van der Waals surface area contributed by atoms with Crippen LogP contribution in [-0.2, 0) is 0 Å². The number of hydrazine groups is 2. The van der Waals surface area contributed by atoms with Gasteiger partial charge in [0.2, 0.25) is 0 Å². The van der Waals surface area contributed by atoms with Crippen LogP contribution in [0.1, 0.15) is 21.0 Å². The molecule has 0 aliphatic rings. The van der Waals surface area contributed by atoms with E-state index in [4.69, 9.17) is 11.7 Å². The maximum atomic E-state index is 11.6. The number of aromatic amines is 1. The molecule has 0 bridgehead atoms. The van der Waals surface area contributed by atoms with E-state index in [2.05, 4.69) is 9.97 Å². The molecule has 8 heteroatoms. The van der Waals surface area contributed by atoms with Gasteiger partial charge in [0, 0.05) is 5.56 Å². The second-order valence-electron chi connectivity index (χ2n) is 3.62. The van der Waals surface area contributed by atoms with Crippen molar-refractivity contribution in [1.82, 2.24) is 20.8 Å². The number of hydrogen-bond donors (Lipinski definition) is 5. The number of hydrogen-bond acceptors (Lipinski definition) is 5. The van der Waals surface area contributed by atoms with Crippen LogP contribution in [0.2, 0.25) is 0 Å². The Morgan fingerprint density at radius 2 is 1.68 bits per heavy atom. The molecule has 1 aromatic heterocycles. The van der Waals surface area contributed by atoms with Crippen LogP contribution < -0.4 is 22.5 Å². The van der Waals surface area contributed by atoms with Gasteiger partial charge in [0.15, 0.2) is 5.69 Å². The van der Waals surface area contributed by atoms with Gasteiger partial charge in [0.1, 0.15) is 11.5 Å². The highest BCUT2D eigenvalue weighted by molar-refractivity contribution is 6.05. The quantitative estimate of drug-likeness (QED) is 0.281. The highest BCUT2D eigenvalue weighted by atomic mass is 16.2. The molecule has 0 fully saturated rings. The van der Waals surface area contributed by atoms with Crippen molar-refractivity contribution in [1.29, 1.82) is 0 Å². The molecule has 0 aliphatic heterocycles. The van der Waals surface area contributed by atoms with Crippen molar-refractivity contribution in [2.45, 2.75) is 0 Å². The van der Waals surface area contributed by atoms with E-state index in [1.165, 1.54) is 0 Å². The van der Waals surface area contributed by atoms with Gasteiger partial charge in [-0.05, 0) is 0 Å². The van der Waals surface area contributed by atoms with Crippen LogP contribution in [-0.4, -0.2) is 21.8 Å². The third kappa shape index (κ3) is 2.44. The Balaban J connectivity index is 2.52. The lowest BCUT2D eigenvalue weighted by Crippen LogP contribution is -2.35. The molecular weight excluding hydrogens is 248 g/mol. The van der Waals surface area contributed by atoms with E-state index in [1.54, 1.807) is 12.1 Å². The number of rotatable bonds is 3. The van der Waals surface area contributed by atoms with Gasteiger partial charge >= 0.3 is 0 Å².